The van der Waals surface area contributed by atoms with Gasteiger partial charge in [0.05, 0.1) is 11.4 Å². The third kappa shape index (κ3) is 8.43. The van der Waals surface area contributed by atoms with Crippen molar-refractivity contribution in [2.24, 2.45) is 0 Å². The summed E-state index contributed by atoms with van der Waals surface area (Å²) in [5.74, 6) is 0. The Bertz CT molecular complexity index is 4140. The van der Waals surface area contributed by atoms with Crippen LogP contribution in [0.2, 0.25) is 0 Å². The van der Waals surface area contributed by atoms with Crippen LogP contribution < -0.4 is 25.5 Å². The van der Waals surface area contributed by atoms with Crippen LogP contribution in [0.25, 0.3) is 55.0 Å². The van der Waals surface area contributed by atoms with E-state index >= 15 is 0 Å². The Kier molecular flexibility index (Phi) is 11.5. The molecule has 0 aliphatic carbocycles. The average molecular weight is 1030 g/mol. The summed E-state index contributed by atoms with van der Waals surface area (Å²) in [5.41, 5.74) is 22.9. The lowest BCUT2D eigenvalue weighted by molar-refractivity contribution is 0.590. The summed E-state index contributed by atoms with van der Waals surface area (Å²) in [6.07, 6.45) is 0. The Hall–Kier alpha value is -8.28. The van der Waals surface area contributed by atoms with E-state index in [4.69, 9.17) is 4.42 Å². The Morgan fingerprint density at radius 3 is 1.63 bits per heavy atom. The lowest BCUT2D eigenvalue weighted by Crippen LogP contribution is -2.61. The number of furan rings is 1. The van der Waals surface area contributed by atoms with Crippen molar-refractivity contribution in [2.45, 2.75) is 105 Å². The number of hydrogen-bond donors (Lipinski definition) is 0. The van der Waals surface area contributed by atoms with Gasteiger partial charge in [0.2, 0.25) is 0 Å². The summed E-state index contributed by atoms with van der Waals surface area (Å²) in [6, 6.07) is 78.0. The average Bonchev–Trinajstić information content (AvgIpc) is 3.10. The first-order valence-electron chi connectivity index (χ1n) is 28.3. The summed E-state index contributed by atoms with van der Waals surface area (Å²) in [7, 11) is 0. The van der Waals surface area contributed by atoms with E-state index in [2.05, 4.69) is 304 Å². The first-order chi connectivity index (χ1) is 37.7. The fraction of sp³-hybridized carbons (Fsp3) is 0.216. The van der Waals surface area contributed by atoms with E-state index in [0.29, 0.717) is 0 Å². The van der Waals surface area contributed by atoms with Crippen LogP contribution in [0.4, 0.5) is 45.5 Å². The minimum atomic E-state index is -0.301. The maximum absolute atomic E-state index is 7.22. The van der Waals surface area contributed by atoms with E-state index in [-0.39, 0.29) is 28.5 Å². The molecule has 0 saturated carbocycles. The fourth-order valence-corrected chi connectivity index (χ4v) is 12.5. The van der Waals surface area contributed by atoms with Gasteiger partial charge in [-0.25, -0.2) is 0 Å². The molecule has 2 aliphatic rings. The summed E-state index contributed by atoms with van der Waals surface area (Å²) < 4.78 is 7.22. The molecule has 10 aromatic carbocycles. The van der Waals surface area contributed by atoms with E-state index in [9.17, 15) is 0 Å². The normalized spacial score (nSPS) is 13.5. The largest absolute Gasteiger partial charge is 0.454 e. The number of fused-ring (bicyclic) bond motifs is 10. The van der Waals surface area contributed by atoms with Crippen molar-refractivity contribution in [3.63, 3.8) is 0 Å². The molecule has 11 aromatic rings. The molecule has 13 rings (SSSR count). The van der Waals surface area contributed by atoms with Crippen LogP contribution >= 0.6 is 0 Å². The van der Waals surface area contributed by atoms with Gasteiger partial charge in [-0.3, -0.25) is 0 Å². The number of benzene rings is 10. The predicted molar refractivity (Wildman–Crippen MR) is 340 cm³/mol. The molecule has 0 atom stereocenters. The molecule has 2 aliphatic heterocycles. The van der Waals surface area contributed by atoms with Crippen LogP contribution in [0.15, 0.2) is 211 Å². The number of nitrogens with zero attached hydrogens (tertiary/aromatic N) is 3. The molecule has 0 radical (unpaired) electrons. The number of anilines is 8. The van der Waals surface area contributed by atoms with E-state index < -0.39 is 0 Å². The first-order valence-corrected chi connectivity index (χ1v) is 28.3. The summed E-state index contributed by atoms with van der Waals surface area (Å²) in [5, 5.41) is 4.63. The highest BCUT2D eigenvalue weighted by Crippen LogP contribution is 2.54. The smallest absolute Gasteiger partial charge is 0.333 e. The monoisotopic (exact) mass is 1030 g/mol. The standard InChI is InChI=1S/C74H70BN3O/c1-71(2,3)49-32-35-53(36-33-49)78-69-60(39-38-59-58-30-18-19-31-66(58)79-70(59)69)67-57-29-17-16-24-48(57)42-65-68(67)75(78)62-46-56(76(54-27-20-25-50(43-54)72(4,5)6)55-28-21-26-51(44-55)73(7,8)9)37-41-64(62)77(65)63-40-34-52(74(10,11)12)45-61(63)47-22-14-13-15-23-47/h13-46H,1-12H3. The molecule has 0 amide bonds. The third-order valence-electron chi connectivity index (χ3n) is 16.8. The molecule has 5 heteroatoms. The van der Waals surface area contributed by atoms with Gasteiger partial charge in [-0.2, -0.15) is 0 Å². The molecule has 0 fully saturated rings. The molecular weight excluding hydrogens is 958 g/mol. The van der Waals surface area contributed by atoms with Crippen molar-refractivity contribution in [3.05, 3.63) is 229 Å². The van der Waals surface area contributed by atoms with Gasteiger partial charge in [0.1, 0.15) is 5.58 Å². The molecule has 390 valence electrons. The molecular formula is C74H70BN3O. The lowest BCUT2D eigenvalue weighted by Gasteiger charge is -2.46. The van der Waals surface area contributed by atoms with Crippen molar-refractivity contribution in [3.8, 4) is 22.3 Å². The van der Waals surface area contributed by atoms with Crippen LogP contribution in [0.1, 0.15) is 105 Å². The van der Waals surface area contributed by atoms with E-state index in [1.54, 1.807) is 0 Å². The summed E-state index contributed by atoms with van der Waals surface area (Å²) in [4.78, 5) is 7.74. The molecule has 3 heterocycles. The molecule has 0 bridgehead atoms. The van der Waals surface area contributed by atoms with E-state index in [1.165, 1.54) is 66.3 Å². The Morgan fingerprint density at radius 2 is 0.975 bits per heavy atom. The second-order valence-corrected chi connectivity index (χ2v) is 26.3. The molecule has 79 heavy (non-hydrogen) atoms. The van der Waals surface area contributed by atoms with Gasteiger partial charge in [-0.05, 0) is 162 Å². The van der Waals surface area contributed by atoms with Crippen LogP contribution in [0.5, 0.6) is 0 Å². The van der Waals surface area contributed by atoms with Gasteiger partial charge in [-0.1, -0.05) is 204 Å². The van der Waals surface area contributed by atoms with Gasteiger partial charge in [0, 0.05) is 56.0 Å². The fourth-order valence-electron chi connectivity index (χ4n) is 12.5. The molecule has 0 unspecified atom stereocenters. The van der Waals surface area contributed by atoms with Crippen molar-refractivity contribution in [2.75, 3.05) is 14.6 Å². The Labute approximate surface area is 468 Å². The van der Waals surface area contributed by atoms with Gasteiger partial charge < -0.3 is 19.0 Å². The zero-order valence-electron chi connectivity index (χ0n) is 48.0. The Balaban J connectivity index is 1.19. The molecule has 1 aromatic heterocycles. The zero-order chi connectivity index (χ0) is 54.9. The van der Waals surface area contributed by atoms with Gasteiger partial charge >= 0.3 is 6.85 Å². The predicted octanol–water partition coefficient (Wildman–Crippen LogP) is 19.8. The molecule has 0 N–H and O–H groups in total. The quantitative estimate of drug-likeness (QED) is 0.155. The third-order valence-corrected chi connectivity index (χ3v) is 16.8. The van der Waals surface area contributed by atoms with Crippen LogP contribution in [0.3, 0.4) is 0 Å². The highest BCUT2D eigenvalue weighted by Gasteiger charge is 2.48. The van der Waals surface area contributed by atoms with Crippen LogP contribution in [0, 0.1) is 0 Å². The maximum atomic E-state index is 7.22. The van der Waals surface area contributed by atoms with E-state index in [0.717, 1.165) is 67.3 Å². The van der Waals surface area contributed by atoms with Gasteiger partial charge in [0.25, 0.3) is 0 Å². The van der Waals surface area contributed by atoms with E-state index in [1.807, 2.05) is 0 Å². The minimum Gasteiger partial charge on any atom is -0.454 e. The highest BCUT2D eigenvalue weighted by molar-refractivity contribution is 6.94. The number of hydrogen-bond acceptors (Lipinski definition) is 4. The van der Waals surface area contributed by atoms with Gasteiger partial charge in [0.15, 0.2) is 5.58 Å². The lowest BCUT2D eigenvalue weighted by atomic mass is 9.43. The van der Waals surface area contributed by atoms with Crippen LogP contribution in [-0.4, -0.2) is 6.85 Å². The maximum Gasteiger partial charge on any atom is 0.333 e. The summed E-state index contributed by atoms with van der Waals surface area (Å²) >= 11 is 0. The van der Waals surface area contributed by atoms with Crippen LogP contribution in [-0.2, 0) is 21.7 Å². The van der Waals surface area contributed by atoms with Crippen molar-refractivity contribution in [1.29, 1.82) is 0 Å². The minimum absolute atomic E-state index is 0.0348. The number of rotatable bonds is 6. The highest BCUT2D eigenvalue weighted by atomic mass is 16.3. The second-order valence-electron chi connectivity index (χ2n) is 26.3. The molecule has 0 spiro atoms. The second kappa shape index (κ2) is 18.1. The topological polar surface area (TPSA) is 22.9 Å². The summed E-state index contributed by atoms with van der Waals surface area (Å²) in [6.45, 7) is 27.4. The first kappa shape index (κ1) is 50.2. The van der Waals surface area contributed by atoms with Crippen molar-refractivity contribution >= 4 is 96.0 Å². The van der Waals surface area contributed by atoms with Gasteiger partial charge in [-0.15, -0.1) is 0 Å². The Morgan fingerprint density at radius 1 is 0.405 bits per heavy atom. The molecule has 4 nitrogen and oxygen atoms in total. The zero-order valence-corrected chi connectivity index (χ0v) is 48.0. The SMILES string of the molecule is CC(C)(C)c1ccc(N2B3c4cc(N(c5cccc(C(C)(C)C)c5)c5cccc(C(C)(C)C)c5)ccc4N(c4ccc(C(C)(C)C)cc4-c4ccccc4)c4cc5ccccc5c(c43)-c3ccc4c(oc5ccccc54)c32)cc1. The van der Waals surface area contributed by atoms with Crippen molar-refractivity contribution in [1.82, 2.24) is 0 Å². The number of para-hydroxylation sites is 1. The van der Waals surface area contributed by atoms with Crippen molar-refractivity contribution < 1.29 is 4.42 Å². The molecule has 0 saturated heterocycles.